The zero-order valence-corrected chi connectivity index (χ0v) is 12.9. The van der Waals surface area contributed by atoms with Crippen molar-refractivity contribution in [2.75, 3.05) is 20.6 Å². The first-order chi connectivity index (χ1) is 8.77. The van der Waals surface area contributed by atoms with Crippen LogP contribution in [0.4, 0.5) is 0 Å². The third kappa shape index (κ3) is 4.96. The van der Waals surface area contributed by atoms with E-state index in [0.29, 0.717) is 0 Å². The van der Waals surface area contributed by atoms with E-state index in [1.165, 1.54) is 44.1 Å². The van der Waals surface area contributed by atoms with Crippen molar-refractivity contribution in [3.8, 4) is 0 Å². The van der Waals surface area contributed by atoms with Crippen molar-refractivity contribution in [3.63, 3.8) is 0 Å². The smallest absolute Gasteiger partial charge is 0.0273 e. The molecule has 0 atom stereocenters. The van der Waals surface area contributed by atoms with E-state index in [1.807, 2.05) is 12.4 Å². The molecule has 0 fully saturated rings. The number of halogens is 1. The summed E-state index contributed by atoms with van der Waals surface area (Å²) < 4.78 is 0. The maximum atomic E-state index is 4.14. The Labute approximate surface area is 123 Å². The highest BCUT2D eigenvalue weighted by Crippen LogP contribution is 2.30. The van der Waals surface area contributed by atoms with Gasteiger partial charge >= 0.3 is 0 Å². The number of hydrogen-bond acceptors (Lipinski definition) is 2. The molecular weight excluding hydrogens is 256 g/mol. The van der Waals surface area contributed by atoms with Gasteiger partial charge in [0, 0.05) is 18.9 Å². The number of hydrogen-bond donors (Lipinski definition) is 0. The molecule has 3 heteroatoms. The summed E-state index contributed by atoms with van der Waals surface area (Å²) in [6.45, 7) is 1.09. The van der Waals surface area contributed by atoms with Crippen LogP contribution < -0.4 is 0 Å². The van der Waals surface area contributed by atoms with E-state index >= 15 is 0 Å². The van der Waals surface area contributed by atoms with Crippen LogP contribution in [-0.2, 0) is 0 Å². The summed E-state index contributed by atoms with van der Waals surface area (Å²) in [7, 11) is 4.33. The minimum atomic E-state index is 0. The zero-order valence-electron chi connectivity index (χ0n) is 12.1. The Morgan fingerprint density at radius 1 is 1.00 bits per heavy atom. The molecule has 19 heavy (non-hydrogen) atoms. The molecule has 0 aliphatic heterocycles. The van der Waals surface area contributed by atoms with Gasteiger partial charge in [-0.15, -0.1) is 12.4 Å². The molecule has 0 N–H and O–H groups in total. The lowest BCUT2D eigenvalue weighted by Gasteiger charge is -2.21. The fourth-order valence-electron chi connectivity index (χ4n) is 2.78. The van der Waals surface area contributed by atoms with Crippen molar-refractivity contribution in [3.05, 3.63) is 35.7 Å². The van der Waals surface area contributed by atoms with Gasteiger partial charge in [-0.3, -0.25) is 4.98 Å². The second-order valence-electron chi connectivity index (χ2n) is 5.47. The molecule has 0 unspecified atom stereocenters. The van der Waals surface area contributed by atoms with E-state index in [2.05, 4.69) is 36.1 Å². The van der Waals surface area contributed by atoms with Crippen LogP contribution in [0.25, 0.3) is 5.57 Å². The molecule has 1 heterocycles. The summed E-state index contributed by atoms with van der Waals surface area (Å²) in [5.74, 6) is 0. The summed E-state index contributed by atoms with van der Waals surface area (Å²) in [5, 5.41) is 0. The van der Waals surface area contributed by atoms with Crippen molar-refractivity contribution in [1.29, 1.82) is 0 Å². The molecule has 1 aliphatic rings. The molecule has 0 saturated carbocycles. The standard InChI is InChI=1S/C16H24N2.ClH/c1-18(2)13-15-7-5-3-4-6-8-16(15)14-9-11-17-12-10-14;/h9-12H,3-8,13H2,1-2H3;1H/b16-15-;. The zero-order chi connectivity index (χ0) is 12.8. The average Bonchev–Trinajstić information content (AvgIpc) is 2.34. The Morgan fingerprint density at radius 3 is 2.26 bits per heavy atom. The number of likely N-dealkylation sites (N-methyl/N-ethyl adjacent to an activating group) is 1. The Bertz CT molecular complexity index is 398. The van der Waals surface area contributed by atoms with Crippen molar-refractivity contribution in [2.24, 2.45) is 0 Å². The third-order valence-corrected chi connectivity index (χ3v) is 3.62. The van der Waals surface area contributed by atoms with Gasteiger partial charge in [0.05, 0.1) is 0 Å². The van der Waals surface area contributed by atoms with Crippen LogP contribution in [0.3, 0.4) is 0 Å². The first-order valence-corrected chi connectivity index (χ1v) is 7.03. The molecule has 0 radical (unpaired) electrons. The Morgan fingerprint density at radius 2 is 1.63 bits per heavy atom. The summed E-state index contributed by atoms with van der Waals surface area (Å²) in [6.07, 6.45) is 11.8. The van der Waals surface area contributed by atoms with Crippen molar-refractivity contribution < 1.29 is 0 Å². The first-order valence-electron chi connectivity index (χ1n) is 7.03. The van der Waals surface area contributed by atoms with E-state index in [1.54, 1.807) is 11.1 Å². The van der Waals surface area contributed by atoms with Crippen LogP contribution in [-0.4, -0.2) is 30.5 Å². The minimum absolute atomic E-state index is 0. The van der Waals surface area contributed by atoms with Crippen molar-refractivity contribution in [1.82, 2.24) is 9.88 Å². The fourth-order valence-corrected chi connectivity index (χ4v) is 2.78. The predicted molar refractivity (Wildman–Crippen MR) is 84.7 cm³/mol. The molecule has 0 amide bonds. The van der Waals surface area contributed by atoms with Crippen LogP contribution in [0, 0.1) is 0 Å². The van der Waals surface area contributed by atoms with Crippen LogP contribution in [0.5, 0.6) is 0 Å². The lowest BCUT2D eigenvalue weighted by Crippen LogP contribution is -2.17. The topological polar surface area (TPSA) is 16.1 Å². The molecular formula is C16H25ClN2. The number of nitrogens with zero attached hydrogens (tertiary/aromatic N) is 2. The van der Waals surface area contributed by atoms with E-state index in [4.69, 9.17) is 0 Å². The normalized spacial score (nSPS) is 20.6. The highest BCUT2D eigenvalue weighted by atomic mass is 35.5. The number of allylic oxidation sites excluding steroid dienone is 1. The predicted octanol–water partition coefficient (Wildman–Crippen LogP) is 4.17. The number of pyridine rings is 1. The van der Waals surface area contributed by atoms with Gasteiger partial charge in [0.2, 0.25) is 0 Å². The molecule has 0 bridgehead atoms. The van der Waals surface area contributed by atoms with Crippen LogP contribution >= 0.6 is 12.4 Å². The van der Waals surface area contributed by atoms with Crippen molar-refractivity contribution >= 4 is 18.0 Å². The van der Waals surface area contributed by atoms with Gasteiger partial charge in [-0.1, -0.05) is 18.4 Å². The van der Waals surface area contributed by atoms with Crippen LogP contribution in [0.1, 0.15) is 44.1 Å². The SMILES string of the molecule is CN(C)C/C1=C(\c2ccncc2)CCCCCC1.Cl. The monoisotopic (exact) mass is 280 g/mol. The molecule has 1 aliphatic carbocycles. The average molecular weight is 281 g/mol. The molecule has 106 valence electrons. The number of aromatic nitrogens is 1. The first kappa shape index (κ1) is 16.2. The highest BCUT2D eigenvalue weighted by Gasteiger charge is 2.12. The Balaban J connectivity index is 0.00000180. The summed E-state index contributed by atoms with van der Waals surface area (Å²) in [4.78, 5) is 6.42. The van der Waals surface area contributed by atoms with Gasteiger partial charge in [0.1, 0.15) is 0 Å². The highest BCUT2D eigenvalue weighted by molar-refractivity contribution is 5.85. The molecule has 1 aromatic heterocycles. The van der Waals surface area contributed by atoms with E-state index in [-0.39, 0.29) is 12.4 Å². The second-order valence-corrected chi connectivity index (χ2v) is 5.47. The van der Waals surface area contributed by atoms with Gasteiger partial charge in [-0.25, -0.2) is 0 Å². The molecule has 2 nitrogen and oxygen atoms in total. The van der Waals surface area contributed by atoms with Crippen LogP contribution in [0.2, 0.25) is 0 Å². The molecule has 1 aromatic rings. The van der Waals surface area contributed by atoms with E-state index < -0.39 is 0 Å². The molecule has 0 saturated heterocycles. The van der Waals surface area contributed by atoms with Gasteiger partial charge < -0.3 is 4.90 Å². The Hall–Kier alpha value is -0.860. The summed E-state index contributed by atoms with van der Waals surface area (Å²) in [6, 6.07) is 4.32. The maximum absolute atomic E-state index is 4.14. The maximum Gasteiger partial charge on any atom is 0.0273 e. The van der Waals surface area contributed by atoms with E-state index in [0.717, 1.165) is 6.54 Å². The molecule has 0 aromatic carbocycles. The minimum Gasteiger partial charge on any atom is -0.305 e. The summed E-state index contributed by atoms with van der Waals surface area (Å²) in [5.41, 5.74) is 4.58. The summed E-state index contributed by atoms with van der Waals surface area (Å²) >= 11 is 0. The second kappa shape index (κ2) is 8.34. The van der Waals surface area contributed by atoms with Gasteiger partial charge in [-0.05, 0) is 63.0 Å². The quantitative estimate of drug-likeness (QED) is 0.826. The molecule has 0 spiro atoms. The largest absolute Gasteiger partial charge is 0.305 e. The lowest BCUT2D eigenvalue weighted by atomic mass is 9.89. The fraction of sp³-hybridized carbons (Fsp3) is 0.562. The third-order valence-electron chi connectivity index (χ3n) is 3.62. The van der Waals surface area contributed by atoms with E-state index in [9.17, 15) is 0 Å². The molecule has 2 rings (SSSR count). The number of rotatable bonds is 3. The van der Waals surface area contributed by atoms with Crippen molar-refractivity contribution in [2.45, 2.75) is 38.5 Å². The van der Waals surface area contributed by atoms with Gasteiger partial charge in [0.25, 0.3) is 0 Å². The Kier molecular flexibility index (Phi) is 7.11. The lowest BCUT2D eigenvalue weighted by molar-refractivity contribution is 0.435. The van der Waals surface area contributed by atoms with Gasteiger partial charge in [0.15, 0.2) is 0 Å². The van der Waals surface area contributed by atoms with Gasteiger partial charge in [-0.2, -0.15) is 0 Å². The van der Waals surface area contributed by atoms with Crippen LogP contribution in [0.15, 0.2) is 30.1 Å².